The number of carbonyl (C=O) groups excluding carboxylic acids is 1. The van der Waals surface area contributed by atoms with Crippen molar-refractivity contribution in [1.29, 1.82) is 0 Å². The van der Waals surface area contributed by atoms with Gasteiger partial charge in [-0.15, -0.1) is 11.3 Å². The number of nitrogens with one attached hydrogen (secondary N) is 1. The molecule has 5 heteroatoms. The van der Waals surface area contributed by atoms with E-state index >= 15 is 0 Å². The molecule has 0 aliphatic carbocycles. The molecule has 0 spiro atoms. The number of carbonyl (C=O) groups is 1. The SMILES string of the molecule is CCC(C)[C@H](N)C(=O)NCC(C)c1nccs1. The molecule has 1 heterocycles. The minimum Gasteiger partial charge on any atom is -0.354 e. The molecule has 0 saturated heterocycles. The first-order chi connectivity index (χ1) is 8.06. The lowest BCUT2D eigenvalue weighted by Gasteiger charge is -2.18. The standard InChI is InChI=1S/C12H21N3OS/c1-4-8(2)10(13)11(16)15-7-9(3)12-14-5-6-17-12/h5-6,8-10H,4,7,13H2,1-3H3,(H,15,16)/t8?,9?,10-/m0/s1. The van der Waals surface area contributed by atoms with Crippen molar-refractivity contribution in [3.8, 4) is 0 Å². The van der Waals surface area contributed by atoms with Crippen LogP contribution in [0.1, 0.15) is 38.1 Å². The van der Waals surface area contributed by atoms with Crippen LogP contribution in [0.15, 0.2) is 11.6 Å². The third kappa shape index (κ3) is 4.09. The van der Waals surface area contributed by atoms with Gasteiger partial charge >= 0.3 is 0 Å². The summed E-state index contributed by atoms with van der Waals surface area (Å²) in [5.41, 5.74) is 5.85. The quantitative estimate of drug-likeness (QED) is 0.813. The molecule has 1 amide bonds. The summed E-state index contributed by atoms with van der Waals surface area (Å²) in [4.78, 5) is 16.0. The third-order valence-corrected chi connectivity index (χ3v) is 4.02. The Hall–Kier alpha value is -0.940. The van der Waals surface area contributed by atoms with E-state index in [-0.39, 0.29) is 17.7 Å². The number of hydrogen-bond acceptors (Lipinski definition) is 4. The minimum atomic E-state index is -0.413. The second-order valence-electron chi connectivity index (χ2n) is 4.43. The fourth-order valence-corrected chi connectivity index (χ4v) is 2.15. The second-order valence-corrected chi connectivity index (χ2v) is 5.35. The van der Waals surface area contributed by atoms with E-state index in [4.69, 9.17) is 5.73 Å². The van der Waals surface area contributed by atoms with E-state index in [1.807, 2.05) is 26.2 Å². The summed E-state index contributed by atoms with van der Waals surface area (Å²) in [5.74, 6) is 0.385. The van der Waals surface area contributed by atoms with Crippen LogP contribution in [0.25, 0.3) is 0 Å². The largest absolute Gasteiger partial charge is 0.354 e. The molecule has 0 radical (unpaired) electrons. The normalized spacial score (nSPS) is 16.2. The van der Waals surface area contributed by atoms with E-state index in [9.17, 15) is 4.79 Å². The summed E-state index contributed by atoms with van der Waals surface area (Å²) in [7, 11) is 0. The average Bonchev–Trinajstić information content (AvgIpc) is 2.87. The summed E-state index contributed by atoms with van der Waals surface area (Å²) < 4.78 is 0. The summed E-state index contributed by atoms with van der Waals surface area (Å²) in [6.07, 6.45) is 2.69. The zero-order valence-corrected chi connectivity index (χ0v) is 11.5. The average molecular weight is 255 g/mol. The monoisotopic (exact) mass is 255 g/mol. The highest BCUT2D eigenvalue weighted by Gasteiger charge is 2.20. The van der Waals surface area contributed by atoms with E-state index in [2.05, 4.69) is 10.3 Å². The predicted molar refractivity (Wildman–Crippen MR) is 71.0 cm³/mol. The molecule has 0 bridgehead atoms. The maximum atomic E-state index is 11.8. The Bertz CT molecular complexity index is 340. The Morgan fingerprint density at radius 1 is 1.59 bits per heavy atom. The molecule has 4 nitrogen and oxygen atoms in total. The highest BCUT2D eigenvalue weighted by atomic mass is 32.1. The smallest absolute Gasteiger partial charge is 0.237 e. The van der Waals surface area contributed by atoms with E-state index < -0.39 is 6.04 Å². The third-order valence-electron chi connectivity index (χ3n) is 3.02. The Morgan fingerprint density at radius 3 is 2.82 bits per heavy atom. The fraction of sp³-hybridized carbons (Fsp3) is 0.667. The van der Waals surface area contributed by atoms with E-state index in [0.717, 1.165) is 11.4 Å². The number of nitrogens with two attached hydrogens (primary N) is 1. The number of amides is 1. The molecule has 1 aromatic heterocycles. The molecule has 3 N–H and O–H groups in total. The fourth-order valence-electron chi connectivity index (χ4n) is 1.45. The van der Waals surface area contributed by atoms with Gasteiger partial charge in [-0.3, -0.25) is 4.79 Å². The van der Waals surface area contributed by atoms with Gasteiger partial charge in [0.1, 0.15) is 0 Å². The molecule has 0 saturated carbocycles. The number of hydrogen-bond donors (Lipinski definition) is 2. The molecule has 1 aromatic rings. The Balaban J connectivity index is 2.38. The lowest BCUT2D eigenvalue weighted by atomic mass is 9.99. The van der Waals surface area contributed by atoms with Gasteiger partial charge in [0, 0.05) is 24.0 Å². The van der Waals surface area contributed by atoms with Crippen LogP contribution in [0, 0.1) is 5.92 Å². The first-order valence-corrected chi connectivity index (χ1v) is 6.86. The molecule has 2 unspecified atom stereocenters. The van der Waals surface area contributed by atoms with Gasteiger partial charge in [-0.25, -0.2) is 4.98 Å². The van der Waals surface area contributed by atoms with Gasteiger partial charge in [0.15, 0.2) is 0 Å². The molecule has 0 aliphatic heterocycles. The number of nitrogens with zero attached hydrogens (tertiary/aromatic N) is 1. The van der Waals surface area contributed by atoms with Gasteiger partial charge in [-0.2, -0.15) is 0 Å². The van der Waals surface area contributed by atoms with Crippen LogP contribution in [0.5, 0.6) is 0 Å². The molecule has 0 aromatic carbocycles. The van der Waals surface area contributed by atoms with Crippen molar-refractivity contribution < 1.29 is 4.79 Å². The highest BCUT2D eigenvalue weighted by molar-refractivity contribution is 7.09. The molecule has 96 valence electrons. The lowest BCUT2D eigenvalue weighted by molar-refractivity contribution is -0.123. The van der Waals surface area contributed by atoms with Crippen LogP contribution in [-0.2, 0) is 4.79 Å². The zero-order valence-electron chi connectivity index (χ0n) is 10.6. The lowest BCUT2D eigenvalue weighted by Crippen LogP contribution is -2.45. The zero-order chi connectivity index (χ0) is 12.8. The van der Waals surface area contributed by atoms with Gasteiger partial charge in [0.05, 0.1) is 11.0 Å². The van der Waals surface area contributed by atoms with Crippen molar-refractivity contribution in [3.05, 3.63) is 16.6 Å². The maximum Gasteiger partial charge on any atom is 0.237 e. The van der Waals surface area contributed by atoms with E-state index in [1.165, 1.54) is 0 Å². The Morgan fingerprint density at radius 2 is 2.29 bits per heavy atom. The van der Waals surface area contributed by atoms with Crippen LogP contribution in [0.4, 0.5) is 0 Å². The molecule has 17 heavy (non-hydrogen) atoms. The maximum absolute atomic E-state index is 11.8. The van der Waals surface area contributed by atoms with Gasteiger partial charge in [-0.05, 0) is 5.92 Å². The number of rotatable bonds is 6. The van der Waals surface area contributed by atoms with Crippen LogP contribution >= 0.6 is 11.3 Å². The minimum absolute atomic E-state index is 0.0669. The molecular weight excluding hydrogens is 234 g/mol. The Kier molecular flexibility index (Phi) is 5.58. The van der Waals surface area contributed by atoms with Crippen molar-refractivity contribution in [1.82, 2.24) is 10.3 Å². The van der Waals surface area contributed by atoms with Crippen molar-refractivity contribution in [2.45, 2.75) is 39.2 Å². The first kappa shape index (κ1) is 14.1. The number of aromatic nitrogens is 1. The summed E-state index contributed by atoms with van der Waals surface area (Å²) >= 11 is 1.61. The van der Waals surface area contributed by atoms with E-state index in [0.29, 0.717) is 6.54 Å². The molecule has 3 atom stereocenters. The molecule has 0 fully saturated rings. The summed E-state index contributed by atoms with van der Waals surface area (Å²) in [6.45, 7) is 6.68. The second kappa shape index (κ2) is 6.71. The number of thiazole rings is 1. The molecular formula is C12H21N3OS. The van der Waals surface area contributed by atoms with E-state index in [1.54, 1.807) is 17.5 Å². The van der Waals surface area contributed by atoms with Crippen molar-refractivity contribution in [2.24, 2.45) is 11.7 Å². The molecule has 0 aliphatic rings. The predicted octanol–water partition coefficient (Wildman–Crippen LogP) is 1.74. The molecule has 1 rings (SSSR count). The Labute approximate surface area is 107 Å². The van der Waals surface area contributed by atoms with Crippen LogP contribution < -0.4 is 11.1 Å². The topological polar surface area (TPSA) is 68.0 Å². The van der Waals surface area contributed by atoms with Crippen molar-refractivity contribution >= 4 is 17.2 Å². The van der Waals surface area contributed by atoms with Gasteiger partial charge < -0.3 is 11.1 Å². The highest BCUT2D eigenvalue weighted by Crippen LogP contribution is 2.16. The van der Waals surface area contributed by atoms with Crippen LogP contribution in [0.2, 0.25) is 0 Å². The van der Waals surface area contributed by atoms with Gasteiger partial charge in [0.25, 0.3) is 0 Å². The van der Waals surface area contributed by atoms with Crippen LogP contribution in [-0.4, -0.2) is 23.5 Å². The first-order valence-electron chi connectivity index (χ1n) is 5.98. The van der Waals surface area contributed by atoms with Crippen molar-refractivity contribution in [3.63, 3.8) is 0 Å². The van der Waals surface area contributed by atoms with Gasteiger partial charge in [-0.1, -0.05) is 27.2 Å². The van der Waals surface area contributed by atoms with Crippen LogP contribution in [0.3, 0.4) is 0 Å². The summed E-state index contributed by atoms with van der Waals surface area (Å²) in [5, 5.41) is 5.88. The summed E-state index contributed by atoms with van der Waals surface area (Å²) in [6, 6.07) is -0.413. The van der Waals surface area contributed by atoms with Crippen molar-refractivity contribution in [2.75, 3.05) is 6.54 Å². The van der Waals surface area contributed by atoms with Gasteiger partial charge in [0.2, 0.25) is 5.91 Å².